The Morgan fingerprint density at radius 3 is 2.75 bits per heavy atom. The zero-order valence-corrected chi connectivity index (χ0v) is 14.5. The Morgan fingerprint density at radius 2 is 2.04 bits per heavy atom. The van der Waals surface area contributed by atoms with Gasteiger partial charge < -0.3 is 25.8 Å². The highest BCUT2D eigenvalue weighted by molar-refractivity contribution is 5.84. The first-order chi connectivity index (χ1) is 13.6. The largest absolute Gasteiger partial charge is 0.394 e. The lowest BCUT2D eigenvalue weighted by Gasteiger charge is -2.18. The van der Waals surface area contributed by atoms with Gasteiger partial charge in [0.1, 0.15) is 24.6 Å². The number of anilines is 2. The molecule has 3 aromatic heterocycles. The van der Waals surface area contributed by atoms with Gasteiger partial charge in [-0.05, 0) is 17.7 Å². The lowest BCUT2D eigenvalue weighted by Crippen LogP contribution is -2.33. The second kappa shape index (κ2) is 7.44. The molecule has 0 bridgehead atoms. The molecule has 0 aromatic carbocycles. The molecule has 3 aromatic rings. The van der Waals surface area contributed by atoms with Crippen molar-refractivity contribution in [2.45, 2.75) is 24.5 Å². The maximum atomic E-state index is 10.4. The molecule has 0 unspecified atom stereocenters. The van der Waals surface area contributed by atoms with Crippen molar-refractivity contribution in [1.82, 2.24) is 24.5 Å². The van der Waals surface area contributed by atoms with Crippen LogP contribution in [0.1, 0.15) is 11.8 Å². The molecule has 0 saturated carbocycles. The summed E-state index contributed by atoms with van der Waals surface area (Å²) in [6.45, 7) is -0.457. The third-order valence-corrected chi connectivity index (χ3v) is 4.36. The van der Waals surface area contributed by atoms with E-state index in [1.54, 1.807) is 30.7 Å². The Hall–Kier alpha value is -3.19. The summed E-state index contributed by atoms with van der Waals surface area (Å²) in [5.41, 5.74) is 10.0. The zero-order chi connectivity index (χ0) is 19.7. The zero-order valence-electron chi connectivity index (χ0n) is 14.5. The minimum Gasteiger partial charge on any atom is -0.394 e. The summed E-state index contributed by atoms with van der Waals surface area (Å²) in [6.07, 6.45) is 1.45. The van der Waals surface area contributed by atoms with Crippen molar-refractivity contribution in [3.05, 3.63) is 36.4 Å². The number of nitrogens with two attached hydrogens (primary N) is 1. The van der Waals surface area contributed by atoms with Gasteiger partial charge in [-0.2, -0.15) is 5.10 Å². The van der Waals surface area contributed by atoms with Gasteiger partial charge in [-0.25, -0.2) is 20.4 Å². The first-order valence-corrected chi connectivity index (χ1v) is 8.40. The molecule has 1 saturated heterocycles. The number of nitrogens with one attached hydrogen (secondary N) is 1. The standard InChI is InChI=1S/C16H18N8O4/c17-13-10-14(20-7-19-13)24(15-12(27)11(26)9(6-25)28-15)16(22-10)23-21-5-8-1-3-18-4-2-8/h1-5,7,9,11-12,15,25-27H,6H2,(H,22,23)(H2,17,19,20)/b21-5-/t9-,11+,12-,15+/m0/s1. The number of fused-ring (bicyclic) bond motifs is 1. The maximum absolute atomic E-state index is 10.4. The van der Waals surface area contributed by atoms with Gasteiger partial charge in [0.25, 0.3) is 0 Å². The number of hydrazone groups is 1. The van der Waals surface area contributed by atoms with Crippen molar-refractivity contribution in [2.24, 2.45) is 5.10 Å². The van der Waals surface area contributed by atoms with E-state index >= 15 is 0 Å². The number of hydrogen-bond donors (Lipinski definition) is 5. The topological polar surface area (TPSA) is 177 Å². The molecule has 0 spiro atoms. The molecule has 146 valence electrons. The van der Waals surface area contributed by atoms with E-state index in [9.17, 15) is 15.3 Å². The van der Waals surface area contributed by atoms with Crippen LogP contribution in [0.4, 0.5) is 11.8 Å². The number of hydrogen-bond acceptors (Lipinski definition) is 11. The first-order valence-electron chi connectivity index (χ1n) is 8.40. The maximum Gasteiger partial charge on any atom is 0.228 e. The fourth-order valence-corrected chi connectivity index (χ4v) is 2.95. The van der Waals surface area contributed by atoms with E-state index in [4.69, 9.17) is 10.5 Å². The van der Waals surface area contributed by atoms with Crippen LogP contribution in [0.2, 0.25) is 0 Å². The van der Waals surface area contributed by atoms with Crippen LogP contribution in [0.25, 0.3) is 11.2 Å². The highest BCUT2D eigenvalue weighted by Crippen LogP contribution is 2.35. The van der Waals surface area contributed by atoms with Crippen molar-refractivity contribution in [2.75, 3.05) is 17.8 Å². The number of pyridine rings is 1. The van der Waals surface area contributed by atoms with Crippen LogP contribution in [0.15, 0.2) is 36.0 Å². The molecule has 4 atom stereocenters. The summed E-state index contributed by atoms with van der Waals surface area (Å²) < 4.78 is 7.02. The molecule has 4 heterocycles. The summed E-state index contributed by atoms with van der Waals surface area (Å²) in [6, 6.07) is 3.54. The van der Waals surface area contributed by atoms with E-state index in [0.29, 0.717) is 0 Å². The second-order valence-corrected chi connectivity index (χ2v) is 6.12. The SMILES string of the molecule is Nc1ncnc2c1nc(N/N=C\c1ccncc1)n2[C@@H]1O[C@@H](CO)[C@@H](O)[C@@H]1O. The molecule has 28 heavy (non-hydrogen) atoms. The fourth-order valence-electron chi connectivity index (χ4n) is 2.95. The van der Waals surface area contributed by atoms with E-state index in [1.165, 1.54) is 10.9 Å². The smallest absolute Gasteiger partial charge is 0.228 e. The van der Waals surface area contributed by atoms with Gasteiger partial charge >= 0.3 is 0 Å². The number of aliphatic hydroxyl groups is 3. The number of nitrogens with zero attached hydrogens (tertiary/aromatic N) is 6. The minimum absolute atomic E-state index is 0.136. The van der Waals surface area contributed by atoms with Crippen LogP contribution in [-0.4, -0.2) is 71.0 Å². The van der Waals surface area contributed by atoms with E-state index < -0.39 is 31.1 Å². The van der Waals surface area contributed by atoms with Crippen LogP contribution in [0.5, 0.6) is 0 Å². The van der Waals surface area contributed by atoms with Crippen molar-refractivity contribution >= 4 is 29.1 Å². The third-order valence-electron chi connectivity index (χ3n) is 4.36. The van der Waals surface area contributed by atoms with Gasteiger partial charge in [0, 0.05) is 12.4 Å². The lowest BCUT2D eigenvalue weighted by molar-refractivity contribution is -0.0501. The molecule has 12 nitrogen and oxygen atoms in total. The van der Waals surface area contributed by atoms with Gasteiger partial charge in [0.15, 0.2) is 23.2 Å². The van der Waals surface area contributed by atoms with Crippen LogP contribution >= 0.6 is 0 Å². The minimum atomic E-state index is -1.32. The Morgan fingerprint density at radius 1 is 1.25 bits per heavy atom. The summed E-state index contributed by atoms with van der Waals surface area (Å²) in [5, 5.41) is 34.0. The summed E-state index contributed by atoms with van der Waals surface area (Å²) in [7, 11) is 0. The highest BCUT2D eigenvalue weighted by Gasteiger charge is 2.45. The van der Waals surface area contributed by atoms with Crippen molar-refractivity contribution < 1.29 is 20.1 Å². The van der Waals surface area contributed by atoms with Crippen LogP contribution in [0, 0.1) is 0 Å². The van der Waals surface area contributed by atoms with Crippen molar-refractivity contribution in [3.63, 3.8) is 0 Å². The number of nitrogen functional groups attached to an aromatic ring is 1. The van der Waals surface area contributed by atoms with Gasteiger partial charge in [-0.1, -0.05) is 0 Å². The van der Waals surface area contributed by atoms with Crippen LogP contribution in [-0.2, 0) is 4.74 Å². The average Bonchev–Trinajstić information content (AvgIpc) is 3.21. The summed E-state index contributed by atoms with van der Waals surface area (Å²) in [5.74, 6) is 0.305. The molecule has 1 aliphatic rings. The van der Waals surface area contributed by atoms with Crippen molar-refractivity contribution in [1.29, 1.82) is 0 Å². The molecule has 0 aliphatic carbocycles. The van der Waals surface area contributed by atoms with E-state index in [-0.39, 0.29) is 22.9 Å². The first kappa shape index (κ1) is 18.2. The Labute approximate surface area is 158 Å². The van der Waals surface area contributed by atoms with Gasteiger partial charge in [0.05, 0.1) is 12.8 Å². The Bertz CT molecular complexity index is 995. The predicted octanol–water partition coefficient (Wildman–Crippen LogP) is -1.14. The van der Waals surface area contributed by atoms with E-state index in [2.05, 4.69) is 30.5 Å². The lowest BCUT2D eigenvalue weighted by atomic mass is 10.1. The fraction of sp³-hybridized carbons (Fsp3) is 0.312. The normalized spacial score (nSPS) is 25.0. The highest BCUT2D eigenvalue weighted by atomic mass is 16.6. The van der Waals surface area contributed by atoms with Crippen LogP contribution in [0.3, 0.4) is 0 Å². The number of aliphatic hydroxyl groups excluding tert-OH is 3. The van der Waals surface area contributed by atoms with Crippen molar-refractivity contribution in [3.8, 4) is 0 Å². The van der Waals surface area contributed by atoms with E-state index in [1.807, 2.05) is 0 Å². The molecule has 0 amide bonds. The summed E-state index contributed by atoms with van der Waals surface area (Å²) in [4.78, 5) is 16.3. The molecular weight excluding hydrogens is 368 g/mol. The Balaban J connectivity index is 1.73. The average molecular weight is 386 g/mol. The molecule has 6 N–H and O–H groups in total. The molecule has 1 fully saturated rings. The van der Waals surface area contributed by atoms with Gasteiger partial charge in [-0.3, -0.25) is 9.55 Å². The monoisotopic (exact) mass is 386 g/mol. The molecule has 4 rings (SSSR count). The number of ether oxygens (including phenoxy) is 1. The van der Waals surface area contributed by atoms with E-state index in [0.717, 1.165) is 5.56 Å². The van der Waals surface area contributed by atoms with Crippen LogP contribution < -0.4 is 11.2 Å². The summed E-state index contributed by atoms with van der Waals surface area (Å²) >= 11 is 0. The Kier molecular flexibility index (Phi) is 4.83. The molecule has 12 heteroatoms. The van der Waals surface area contributed by atoms with Gasteiger partial charge in [-0.15, -0.1) is 0 Å². The number of aromatic nitrogens is 5. The predicted molar refractivity (Wildman–Crippen MR) is 98.2 cm³/mol. The molecular formula is C16H18N8O4. The molecule has 0 radical (unpaired) electrons. The molecule has 1 aliphatic heterocycles. The number of rotatable bonds is 5. The quantitative estimate of drug-likeness (QED) is 0.266. The third kappa shape index (κ3) is 3.14. The number of imidazole rings is 1. The van der Waals surface area contributed by atoms with Gasteiger partial charge in [0.2, 0.25) is 5.95 Å². The second-order valence-electron chi connectivity index (χ2n) is 6.12.